The van der Waals surface area contributed by atoms with Crippen LogP contribution >= 0.6 is 0 Å². The average Bonchev–Trinajstić information content (AvgIpc) is 2.02. The number of hydrogen-bond acceptors (Lipinski definition) is 2. The van der Waals surface area contributed by atoms with Crippen molar-refractivity contribution < 1.29 is 5.21 Å². The molecule has 1 aliphatic rings. The van der Waals surface area contributed by atoms with E-state index in [2.05, 4.69) is 20.1 Å². The van der Waals surface area contributed by atoms with Crippen LogP contribution in [-0.2, 0) is 0 Å². The molecule has 2 heteroatoms. The molecule has 0 amide bonds. The Kier molecular flexibility index (Phi) is 2.94. The van der Waals surface area contributed by atoms with Gasteiger partial charge in [-0.05, 0) is 25.3 Å². The maximum atomic E-state index is 9.44. The van der Waals surface area contributed by atoms with E-state index in [-0.39, 0.29) is 5.41 Å². The first-order valence-electron chi connectivity index (χ1n) is 4.75. The zero-order chi connectivity index (χ0) is 10.1. The Morgan fingerprint density at radius 1 is 1.46 bits per heavy atom. The minimum Gasteiger partial charge on any atom is -0.314 e. The minimum absolute atomic E-state index is 0.0127. The van der Waals surface area contributed by atoms with E-state index in [1.165, 1.54) is 5.06 Å². The van der Waals surface area contributed by atoms with Gasteiger partial charge in [-0.3, -0.25) is 0 Å². The molecule has 0 aromatic heterocycles. The van der Waals surface area contributed by atoms with Gasteiger partial charge in [0.2, 0.25) is 0 Å². The molecule has 1 heterocycles. The zero-order valence-electron chi connectivity index (χ0n) is 8.64. The second-order valence-corrected chi connectivity index (χ2v) is 4.31. The number of allylic oxidation sites excluding steroid dienone is 1. The zero-order valence-corrected chi connectivity index (χ0v) is 8.64. The first-order chi connectivity index (χ1) is 5.96. The molecule has 0 aromatic carbocycles. The summed E-state index contributed by atoms with van der Waals surface area (Å²) in [5.74, 6) is 0. The van der Waals surface area contributed by atoms with E-state index >= 15 is 0 Å². The van der Waals surface area contributed by atoms with Crippen LogP contribution in [0.3, 0.4) is 0 Å². The van der Waals surface area contributed by atoms with Crippen molar-refractivity contribution in [2.45, 2.75) is 26.7 Å². The lowest BCUT2D eigenvalue weighted by Crippen LogP contribution is -2.40. The van der Waals surface area contributed by atoms with Crippen molar-refractivity contribution in [3.63, 3.8) is 0 Å². The van der Waals surface area contributed by atoms with Gasteiger partial charge < -0.3 is 5.21 Å². The molecule has 0 bridgehead atoms. The Bertz CT molecular complexity index is 234. The van der Waals surface area contributed by atoms with E-state index in [0.29, 0.717) is 6.54 Å². The third-order valence-corrected chi connectivity index (χ3v) is 2.92. The molecule has 1 N–H and O–H groups in total. The molecule has 1 rings (SSSR count). The van der Waals surface area contributed by atoms with Crippen LogP contribution in [0.15, 0.2) is 24.3 Å². The van der Waals surface area contributed by atoms with Gasteiger partial charge in [0.05, 0.1) is 0 Å². The van der Waals surface area contributed by atoms with Crippen molar-refractivity contribution in [2.75, 3.05) is 13.1 Å². The molecule has 0 radical (unpaired) electrons. The van der Waals surface area contributed by atoms with Gasteiger partial charge in [-0.2, -0.15) is 5.06 Å². The maximum Gasteiger partial charge on any atom is 0.0332 e. The van der Waals surface area contributed by atoms with Crippen LogP contribution in [-0.4, -0.2) is 23.4 Å². The summed E-state index contributed by atoms with van der Waals surface area (Å²) >= 11 is 0. The molecule has 1 fully saturated rings. The lowest BCUT2D eigenvalue weighted by Gasteiger charge is -2.39. The summed E-state index contributed by atoms with van der Waals surface area (Å²) in [6.45, 7) is 13.5. The smallest absolute Gasteiger partial charge is 0.0332 e. The number of hydrogen-bond donors (Lipinski definition) is 1. The van der Waals surface area contributed by atoms with E-state index in [1.807, 2.05) is 6.92 Å². The lowest BCUT2D eigenvalue weighted by molar-refractivity contribution is -0.128. The third-order valence-electron chi connectivity index (χ3n) is 2.92. The lowest BCUT2D eigenvalue weighted by atomic mass is 9.74. The SMILES string of the molecule is C=C(C)C(=C)[C@]1(C)CCCN(O)C1. The Hall–Kier alpha value is -0.600. The van der Waals surface area contributed by atoms with Crippen molar-refractivity contribution in [2.24, 2.45) is 5.41 Å². The fourth-order valence-corrected chi connectivity index (χ4v) is 1.97. The number of hydroxylamine groups is 2. The van der Waals surface area contributed by atoms with E-state index in [1.54, 1.807) is 0 Å². The highest BCUT2D eigenvalue weighted by Gasteiger charge is 2.33. The molecule has 13 heavy (non-hydrogen) atoms. The van der Waals surface area contributed by atoms with E-state index in [9.17, 15) is 5.21 Å². The highest BCUT2D eigenvalue weighted by atomic mass is 16.5. The van der Waals surface area contributed by atoms with Gasteiger partial charge >= 0.3 is 0 Å². The first-order valence-corrected chi connectivity index (χ1v) is 4.75. The van der Waals surface area contributed by atoms with Crippen molar-refractivity contribution >= 4 is 0 Å². The van der Waals surface area contributed by atoms with Crippen LogP contribution in [0, 0.1) is 5.41 Å². The highest BCUT2D eigenvalue weighted by Crippen LogP contribution is 2.37. The maximum absolute atomic E-state index is 9.44. The molecule has 0 aliphatic carbocycles. The van der Waals surface area contributed by atoms with E-state index in [4.69, 9.17) is 0 Å². The monoisotopic (exact) mass is 181 g/mol. The number of rotatable bonds is 2. The topological polar surface area (TPSA) is 23.5 Å². The molecular formula is C11H19NO. The van der Waals surface area contributed by atoms with E-state index < -0.39 is 0 Å². The average molecular weight is 181 g/mol. The van der Waals surface area contributed by atoms with Gasteiger partial charge in [0.15, 0.2) is 0 Å². The van der Waals surface area contributed by atoms with Crippen molar-refractivity contribution in [1.29, 1.82) is 0 Å². The summed E-state index contributed by atoms with van der Waals surface area (Å²) in [7, 11) is 0. The molecule has 0 unspecified atom stereocenters. The fraction of sp³-hybridized carbons (Fsp3) is 0.636. The summed E-state index contributed by atoms with van der Waals surface area (Å²) in [5.41, 5.74) is 2.11. The highest BCUT2D eigenvalue weighted by molar-refractivity contribution is 5.30. The van der Waals surface area contributed by atoms with Gasteiger partial charge in [-0.1, -0.05) is 25.7 Å². The summed E-state index contributed by atoms with van der Waals surface area (Å²) in [6.07, 6.45) is 2.12. The van der Waals surface area contributed by atoms with Crippen LogP contribution in [0.5, 0.6) is 0 Å². The predicted molar refractivity (Wildman–Crippen MR) is 54.7 cm³/mol. The normalized spacial score (nSPS) is 30.1. The molecule has 1 atom stereocenters. The van der Waals surface area contributed by atoms with Gasteiger partial charge in [0, 0.05) is 18.5 Å². The van der Waals surface area contributed by atoms with Crippen LogP contribution in [0.2, 0.25) is 0 Å². The van der Waals surface area contributed by atoms with Crippen molar-refractivity contribution in [1.82, 2.24) is 5.06 Å². The first kappa shape index (κ1) is 10.5. The molecule has 0 spiro atoms. The Balaban J connectivity index is 2.74. The summed E-state index contributed by atoms with van der Waals surface area (Å²) in [4.78, 5) is 0. The van der Waals surface area contributed by atoms with Crippen LogP contribution < -0.4 is 0 Å². The van der Waals surface area contributed by atoms with Gasteiger partial charge in [0.1, 0.15) is 0 Å². The van der Waals surface area contributed by atoms with Crippen LogP contribution in [0.25, 0.3) is 0 Å². The van der Waals surface area contributed by atoms with Gasteiger partial charge in [0.25, 0.3) is 0 Å². The second-order valence-electron chi connectivity index (χ2n) is 4.31. The van der Waals surface area contributed by atoms with Gasteiger partial charge in [-0.25, -0.2) is 0 Å². The Morgan fingerprint density at radius 3 is 2.54 bits per heavy atom. The molecule has 1 saturated heterocycles. The second kappa shape index (κ2) is 3.64. The predicted octanol–water partition coefficient (Wildman–Crippen LogP) is 2.61. The number of nitrogens with zero attached hydrogens (tertiary/aromatic N) is 1. The molecule has 2 nitrogen and oxygen atoms in total. The summed E-state index contributed by atoms with van der Waals surface area (Å²) in [5, 5.41) is 10.8. The van der Waals surface area contributed by atoms with Crippen molar-refractivity contribution in [3.8, 4) is 0 Å². The summed E-state index contributed by atoms with van der Waals surface area (Å²) in [6, 6.07) is 0. The Labute approximate surface area is 80.5 Å². The minimum atomic E-state index is 0.0127. The molecule has 0 aromatic rings. The van der Waals surface area contributed by atoms with Gasteiger partial charge in [-0.15, -0.1) is 0 Å². The molecule has 0 saturated carbocycles. The molecule has 1 aliphatic heterocycles. The quantitative estimate of drug-likeness (QED) is 0.662. The van der Waals surface area contributed by atoms with E-state index in [0.717, 1.165) is 30.5 Å². The molecular weight excluding hydrogens is 162 g/mol. The van der Waals surface area contributed by atoms with Crippen LogP contribution in [0.1, 0.15) is 26.7 Å². The Morgan fingerprint density at radius 2 is 2.08 bits per heavy atom. The van der Waals surface area contributed by atoms with Crippen LogP contribution in [0.4, 0.5) is 0 Å². The summed E-state index contributed by atoms with van der Waals surface area (Å²) < 4.78 is 0. The standard InChI is InChI=1S/C11H19NO/c1-9(2)10(3)11(4)6-5-7-12(13)8-11/h13H,1,3,5-8H2,2,4H3/t11-/m1/s1. The molecule has 74 valence electrons. The third kappa shape index (κ3) is 2.20. The fourth-order valence-electron chi connectivity index (χ4n) is 1.97. The van der Waals surface area contributed by atoms with Crippen molar-refractivity contribution in [3.05, 3.63) is 24.3 Å². The largest absolute Gasteiger partial charge is 0.314 e. The number of piperidine rings is 1.